The monoisotopic (exact) mass is 274 g/mol. The summed E-state index contributed by atoms with van der Waals surface area (Å²) in [6.45, 7) is 3.23. The Morgan fingerprint density at radius 3 is 2.56 bits per heavy atom. The van der Waals surface area contributed by atoms with Gasteiger partial charge >= 0.3 is 0 Å². The Bertz CT molecular complexity index is 404. The van der Waals surface area contributed by atoms with Crippen molar-refractivity contribution in [1.82, 2.24) is 10.3 Å². The molecule has 0 radical (unpaired) electrons. The SMILES string of the molecule is CC(C)Nc1nc(N)c(C(=O)NC(CO)CO)s1. The summed E-state index contributed by atoms with van der Waals surface area (Å²) in [4.78, 5) is 16.1. The lowest BCUT2D eigenvalue weighted by Crippen LogP contribution is -2.40. The number of nitrogens with two attached hydrogens (primary N) is 1. The molecule has 0 saturated heterocycles. The van der Waals surface area contributed by atoms with E-state index < -0.39 is 11.9 Å². The van der Waals surface area contributed by atoms with Gasteiger partial charge in [0.2, 0.25) is 0 Å². The second-order valence-corrected chi connectivity index (χ2v) is 5.07. The van der Waals surface area contributed by atoms with Gasteiger partial charge in [-0.25, -0.2) is 4.98 Å². The number of amides is 1. The van der Waals surface area contributed by atoms with E-state index in [1.165, 1.54) is 0 Å². The van der Waals surface area contributed by atoms with Crippen LogP contribution in [0.25, 0.3) is 0 Å². The molecule has 7 nitrogen and oxygen atoms in total. The van der Waals surface area contributed by atoms with Crippen LogP contribution in [0.15, 0.2) is 0 Å². The first-order valence-electron chi connectivity index (χ1n) is 5.53. The third-order valence-electron chi connectivity index (χ3n) is 2.05. The standard InChI is InChI=1S/C10H18N4O3S/c1-5(2)12-10-14-8(11)7(18-10)9(17)13-6(3-15)4-16/h5-6,15-16H,3-4,11H2,1-2H3,(H,12,14)(H,13,17). The quantitative estimate of drug-likeness (QED) is 0.482. The average molecular weight is 274 g/mol. The van der Waals surface area contributed by atoms with Crippen LogP contribution in [0.2, 0.25) is 0 Å². The van der Waals surface area contributed by atoms with Crippen LogP contribution in [-0.4, -0.2) is 46.4 Å². The molecule has 0 aliphatic carbocycles. The van der Waals surface area contributed by atoms with Crippen LogP contribution in [-0.2, 0) is 0 Å². The van der Waals surface area contributed by atoms with Crippen molar-refractivity contribution in [2.75, 3.05) is 24.3 Å². The highest BCUT2D eigenvalue weighted by Gasteiger charge is 2.19. The molecule has 0 aliphatic heterocycles. The summed E-state index contributed by atoms with van der Waals surface area (Å²) in [5, 5.41) is 23.9. The molecular formula is C10H18N4O3S. The highest BCUT2D eigenvalue weighted by atomic mass is 32.1. The molecule has 1 heterocycles. The number of nitrogen functional groups attached to an aromatic ring is 1. The van der Waals surface area contributed by atoms with Gasteiger partial charge in [-0.2, -0.15) is 0 Å². The number of aliphatic hydroxyl groups is 2. The minimum Gasteiger partial charge on any atom is -0.394 e. The number of anilines is 2. The fourth-order valence-corrected chi connectivity index (χ4v) is 2.14. The van der Waals surface area contributed by atoms with Crippen LogP contribution in [0.1, 0.15) is 23.5 Å². The Morgan fingerprint density at radius 1 is 1.44 bits per heavy atom. The van der Waals surface area contributed by atoms with Gasteiger partial charge in [0, 0.05) is 6.04 Å². The van der Waals surface area contributed by atoms with E-state index in [0.29, 0.717) is 5.13 Å². The summed E-state index contributed by atoms with van der Waals surface area (Å²) >= 11 is 1.14. The van der Waals surface area contributed by atoms with Gasteiger partial charge < -0.3 is 26.6 Å². The third kappa shape index (κ3) is 3.83. The molecule has 8 heteroatoms. The number of aliphatic hydroxyl groups excluding tert-OH is 2. The number of aromatic nitrogens is 1. The van der Waals surface area contributed by atoms with Crippen LogP contribution in [0.5, 0.6) is 0 Å². The molecular weight excluding hydrogens is 256 g/mol. The fraction of sp³-hybridized carbons (Fsp3) is 0.600. The van der Waals surface area contributed by atoms with Gasteiger partial charge in [0.1, 0.15) is 10.7 Å². The minimum absolute atomic E-state index is 0.135. The topological polar surface area (TPSA) is 120 Å². The van der Waals surface area contributed by atoms with E-state index in [1.807, 2.05) is 13.8 Å². The molecule has 0 bridgehead atoms. The van der Waals surface area contributed by atoms with Crippen molar-refractivity contribution in [3.63, 3.8) is 0 Å². The summed E-state index contributed by atoms with van der Waals surface area (Å²) in [6, 6.07) is -0.505. The van der Waals surface area contributed by atoms with Gasteiger partial charge in [-0.3, -0.25) is 4.79 Å². The summed E-state index contributed by atoms with van der Waals surface area (Å²) in [5.41, 5.74) is 5.65. The van der Waals surface area contributed by atoms with Crippen molar-refractivity contribution in [2.45, 2.75) is 25.9 Å². The number of carbonyl (C=O) groups excluding carboxylic acids is 1. The molecule has 1 amide bonds. The number of nitrogens with zero attached hydrogens (tertiary/aromatic N) is 1. The zero-order chi connectivity index (χ0) is 13.7. The van der Waals surface area contributed by atoms with Crippen molar-refractivity contribution in [1.29, 1.82) is 0 Å². The molecule has 0 saturated carbocycles. The summed E-state index contributed by atoms with van der Waals surface area (Å²) in [7, 11) is 0. The normalized spacial score (nSPS) is 11.0. The zero-order valence-electron chi connectivity index (χ0n) is 10.3. The number of thiazole rings is 1. The molecule has 6 N–H and O–H groups in total. The first-order valence-corrected chi connectivity index (χ1v) is 6.35. The van der Waals surface area contributed by atoms with Gasteiger partial charge in [-0.15, -0.1) is 0 Å². The maximum Gasteiger partial charge on any atom is 0.265 e. The third-order valence-corrected chi connectivity index (χ3v) is 3.05. The fourth-order valence-electron chi connectivity index (χ4n) is 1.20. The first kappa shape index (κ1) is 14.7. The van der Waals surface area contributed by atoms with E-state index in [4.69, 9.17) is 15.9 Å². The van der Waals surface area contributed by atoms with Gasteiger partial charge in [0.15, 0.2) is 5.13 Å². The van der Waals surface area contributed by atoms with E-state index in [9.17, 15) is 4.79 Å². The maximum absolute atomic E-state index is 11.8. The Hall–Kier alpha value is -1.38. The molecule has 18 heavy (non-hydrogen) atoms. The second kappa shape index (κ2) is 6.53. The molecule has 0 aliphatic rings. The van der Waals surface area contributed by atoms with Crippen molar-refractivity contribution in [2.24, 2.45) is 0 Å². The number of carbonyl (C=O) groups is 1. The zero-order valence-corrected chi connectivity index (χ0v) is 11.1. The number of nitrogens with one attached hydrogen (secondary N) is 2. The summed E-state index contributed by atoms with van der Waals surface area (Å²) in [6.07, 6.45) is 0. The lowest BCUT2D eigenvalue weighted by Gasteiger charge is -2.12. The van der Waals surface area contributed by atoms with Crippen molar-refractivity contribution in [3.8, 4) is 0 Å². The van der Waals surface area contributed by atoms with Crippen molar-refractivity contribution in [3.05, 3.63) is 4.88 Å². The minimum atomic E-state index is -0.694. The van der Waals surface area contributed by atoms with Gasteiger partial charge in [-0.1, -0.05) is 11.3 Å². The Balaban J connectivity index is 2.76. The first-order chi connectivity index (χ1) is 8.47. The van der Waals surface area contributed by atoms with Crippen LogP contribution in [0.3, 0.4) is 0 Å². The van der Waals surface area contributed by atoms with Gasteiger partial charge in [-0.05, 0) is 13.8 Å². The molecule has 1 rings (SSSR count). The lowest BCUT2D eigenvalue weighted by molar-refractivity contribution is 0.0884. The van der Waals surface area contributed by atoms with Gasteiger partial charge in [0.25, 0.3) is 5.91 Å². The predicted molar refractivity (Wildman–Crippen MR) is 70.7 cm³/mol. The Labute approximate surface area is 109 Å². The van der Waals surface area contributed by atoms with E-state index in [-0.39, 0.29) is 30.0 Å². The van der Waals surface area contributed by atoms with Crippen LogP contribution in [0, 0.1) is 0 Å². The molecule has 0 spiro atoms. The highest BCUT2D eigenvalue weighted by Crippen LogP contribution is 2.25. The molecule has 0 fully saturated rings. The second-order valence-electron chi connectivity index (χ2n) is 4.07. The highest BCUT2D eigenvalue weighted by molar-refractivity contribution is 7.18. The number of hydrogen-bond donors (Lipinski definition) is 5. The lowest BCUT2D eigenvalue weighted by atomic mass is 10.3. The number of rotatable bonds is 6. The molecule has 1 aromatic heterocycles. The van der Waals surface area contributed by atoms with Crippen LogP contribution >= 0.6 is 11.3 Å². The summed E-state index contributed by atoms with van der Waals surface area (Å²) < 4.78 is 0. The van der Waals surface area contributed by atoms with Gasteiger partial charge in [0.05, 0.1) is 19.3 Å². The molecule has 0 unspecified atom stereocenters. The summed E-state index contributed by atoms with van der Waals surface area (Å²) in [5.74, 6) is -0.315. The Kier molecular flexibility index (Phi) is 5.32. The molecule has 0 atom stereocenters. The predicted octanol–water partition coefficient (Wildman–Crippen LogP) is -0.371. The van der Waals surface area contributed by atoms with Crippen LogP contribution in [0.4, 0.5) is 10.9 Å². The largest absolute Gasteiger partial charge is 0.394 e. The van der Waals surface area contributed by atoms with E-state index >= 15 is 0 Å². The molecule has 0 aromatic carbocycles. The molecule has 102 valence electrons. The van der Waals surface area contributed by atoms with E-state index in [1.54, 1.807) is 0 Å². The molecule has 1 aromatic rings. The smallest absolute Gasteiger partial charge is 0.265 e. The van der Waals surface area contributed by atoms with E-state index in [2.05, 4.69) is 15.6 Å². The Morgan fingerprint density at radius 2 is 2.06 bits per heavy atom. The van der Waals surface area contributed by atoms with Crippen LogP contribution < -0.4 is 16.4 Å². The van der Waals surface area contributed by atoms with Crippen molar-refractivity contribution >= 4 is 28.2 Å². The average Bonchev–Trinajstić information content (AvgIpc) is 2.65. The maximum atomic E-state index is 11.8. The van der Waals surface area contributed by atoms with E-state index in [0.717, 1.165) is 11.3 Å². The number of hydrogen-bond acceptors (Lipinski definition) is 7. The van der Waals surface area contributed by atoms with Crippen molar-refractivity contribution < 1.29 is 15.0 Å².